The van der Waals surface area contributed by atoms with Crippen LogP contribution in [0.2, 0.25) is 0 Å². The molecule has 1 aliphatic heterocycles. The first-order valence-electron chi connectivity index (χ1n) is 11.7. The number of fused-ring (bicyclic) bond motifs is 2. The fourth-order valence-electron chi connectivity index (χ4n) is 5.66. The van der Waals surface area contributed by atoms with Gasteiger partial charge in [-0.15, -0.1) is 0 Å². The van der Waals surface area contributed by atoms with E-state index >= 15 is 0 Å². The van der Waals surface area contributed by atoms with Crippen LogP contribution >= 0.6 is 0 Å². The monoisotopic (exact) mass is 480 g/mol. The van der Waals surface area contributed by atoms with Crippen LogP contribution in [0.5, 0.6) is 0 Å². The lowest BCUT2D eigenvalue weighted by atomic mass is 9.93. The third kappa shape index (κ3) is 4.01. The van der Waals surface area contributed by atoms with Gasteiger partial charge < -0.3 is 21.1 Å². The molecule has 9 nitrogen and oxygen atoms in total. The number of nitrogens with one attached hydrogen (secondary N) is 1. The van der Waals surface area contributed by atoms with Crippen molar-refractivity contribution in [3.63, 3.8) is 0 Å². The molecule has 0 spiro atoms. The van der Waals surface area contributed by atoms with Crippen molar-refractivity contribution in [1.29, 1.82) is 0 Å². The van der Waals surface area contributed by atoms with Gasteiger partial charge in [0.15, 0.2) is 0 Å². The molecule has 0 bridgehead atoms. The Morgan fingerprint density at radius 1 is 1.29 bits per heavy atom. The van der Waals surface area contributed by atoms with Crippen molar-refractivity contribution in [2.75, 3.05) is 18.4 Å². The van der Waals surface area contributed by atoms with Crippen LogP contribution < -0.4 is 11.1 Å². The molecule has 1 saturated heterocycles. The van der Waals surface area contributed by atoms with Crippen LogP contribution in [0.3, 0.4) is 0 Å². The quantitative estimate of drug-likeness (QED) is 0.515. The number of pyridine rings is 1. The van der Waals surface area contributed by atoms with E-state index in [1.54, 1.807) is 27.7 Å². The molecular weight excluding hydrogens is 451 g/mol. The van der Waals surface area contributed by atoms with Gasteiger partial charge in [-0.2, -0.15) is 5.10 Å². The Bertz CT molecular complexity index is 1320. The van der Waals surface area contributed by atoms with Gasteiger partial charge in [0.05, 0.1) is 29.2 Å². The number of primary amides is 1. The van der Waals surface area contributed by atoms with E-state index in [-0.39, 0.29) is 35.3 Å². The van der Waals surface area contributed by atoms with Crippen molar-refractivity contribution in [3.8, 4) is 11.1 Å². The van der Waals surface area contributed by atoms with Crippen molar-refractivity contribution >= 4 is 23.0 Å². The standard InChI is InChI=1S/C25H29FN6O3/c1-13-18-12-31(24(34)25(2,3)35)10-14(18)6-20(13)30-22-17(23(27)33)8-29-32-11-15(7-21(22)32)16-4-5-28-9-19(16)26/h4-5,7-9,11,13-14,18,20,30,35H,6,10,12H2,1-3H3,(H2,27,33)/t13-,14-,18-,20-/m1/s1. The van der Waals surface area contributed by atoms with Crippen molar-refractivity contribution in [1.82, 2.24) is 19.5 Å². The molecule has 3 aromatic heterocycles. The summed E-state index contributed by atoms with van der Waals surface area (Å²) in [5.74, 6) is -0.525. The third-order valence-electron chi connectivity index (χ3n) is 7.48. The number of anilines is 1. The molecule has 2 amide bonds. The Balaban J connectivity index is 1.44. The topological polar surface area (TPSA) is 126 Å². The van der Waals surface area contributed by atoms with Gasteiger partial charge in [-0.25, -0.2) is 8.91 Å². The molecule has 0 aromatic carbocycles. The number of rotatable bonds is 5. The van der Waals surface area contributed by atoms with Crippen molar-refractivity contribution in [2.24, 2.45) is 23.5 Å². The second-order valence-corrected chi connectivity index (χ2v) is 10.3. The van der Waals surface area contributed by atoms with Crippen molar-refractivity contribution in [3.05, 3.63) is 48.3 Å². The van der Waals surface area contributed by atoms with Crippen LogP contribution in [0.15, 0.2) is 36.9 Å². The van der Waals surface area contributed by atoms with Gasteiger partial charge in [0.2, 0.25) is 0 Å². The lowest BCUT2D eigenvalue weighted by Crippen LogP contribution is -2.45. The minimum absolute atomic E-state index is 0.0460. The fraction of sp³-hybridized carbons (Fsp3) is 0.440. The van der Waals surface area contributed by atoms with Gasteiger partial charge >= 0.3 is 0 Å². The molecule has 5 rings (SSSR count). The number of amides is 2. The molecule has 4 heterocycles. The summed E-state index contributed by atoms with van der Waals surface area (Å²) in [7, 11) is 0. The molecule has 35 heavy (non-hydrogen) atoms. The van der Waals surface area contributed by atoms with Gasteiger partial charge in [-0.3, -0.25) is 14.6 Å². The van der Waals surface area contributed by atoms with E-state index in [0.29, 0.717) is 35.4 Å². The smallest absolute Gasteiger partial charge is 0.253 e. The summed E-state index contributed by atoms with van der Waals surface area (Å²) >= 11 is 0. The van der Waals surface area contributed by atoms with Gasteiger partial charge in [-0.1, -0.05) is 6.92 Å². The predicted octanol–water partition coefficient (Wildman–Crippen LogP) is 2.30. The number of nitrogens with zero attached hydrogens (tertiary/aromatic N) is 4. The van der Waals surface area contributed by atoms with Crippen LogP contribution in [-0.4, -0.2) is 61.2 Å². The van der Waals surface area contributed by atoms with E-state index in [1.807, 2.05) is 0 Å². The summed E-state index contributed by atoms with van der Waals surface area (Å²) in [5.41, 5.74) is 6.73. The first kappa shape index (κ1) is 23.2. The number of carbonyl (C=O) groups is 2. The van der Waals surface area contributed by atoms with Crippen LogP contribution in [0, 0.1) is 23.6 Å². The van der Waals surface area contributed by atoms with Crippen LogP contribution in [0.1, 0.15) is 37.6 Å². The summed E-state index contributed by atoms with van der Waals surface area (Å²) in [6.45, 7) is 6.36. The molecule has 2 fully saturated rings. The van der Waals surface area contributed by atoms with E-state index in [2.05, 4.69) is 22.3 Å². The van der Waals surface area contributed by atoms with E-state index in [9.17, 15) is 19.1 Å². The van der Waals surface area contributed by atoms with Gasteiger partial charge in [0.1, 0.15) is 11.4 Å². The second kappa shape index (κ2) is 8.30. The number of hydrogen-bond acceptors (Lipinski definition) is 6. The number of aliphatic hydroxyl groups is 1. The molecule has 1 saturated carbocycles. The van der Waals surface area contributed by atoms with E-state index < -0.39 is 17.3 Å². The molecule has 3 aromatic rings. The third-order valence-corrected chi connectivity index (χ3v) is 7.48. The number of halogens is 1. The first-order valence-corrected chi connectivity index (χ1v) is 11.7. The molecular formula is C25H29FN6O3. The summed E-state index contributed by atoms with van der Waals surface area (Å²) in [4.78, 5) is 30.4. The zero-order chi connectivity index (χ0) is 25.1. The van der Waals surface area contributed by atoms with Gasteiger partial charge in [-0.05, 0) is 50.2 Å². The molecule has 4 atom stereocenters. The Morgan fingerprint density at radius 3 is 2.71 bits per heavy atom. The van der Waals surface area contributed by atoms with E-state index in [0.717, 1.165) is 12.6 Å². The lowest BCUT2D eigenvalue weighted by molar-refractivity contribution is -0.147. The van der Waals surface area contributed by atoms with Crippen molar-refractivity contribution in [2.45, 2.75) is 38.8 Å². The molecule has 10 heteroatoms. The minimum atomic E-state index is -1.39. The zero-order valence-corrected chi connectivity index (χ0v) is 19.9. The maximum Gasteiger partial charge on any atom is 0.253 e. The highest BCUT2D eigenvalue weighted by molar-refractivity contribution is 6.02. The summed E-state index contributed by atoms with van der Waals surface area (Å²) in [6, 6.07) is 3.42. The molecule has 4 N–H and O–H groups in total. The number of aromatic nitrogens is 3. The number of likely N-dealkylation sites (tertiary alicyclic amines) is 1. The SMILES string of the molecule is C[C@@H]1[C@H]2CN(C(=O)C(C)(C)O)C[C@H]2C[C@H]1Nc1c(C(N)=O)cnn2cc(-c3ccncc3F)cc12. The highest BCUT2D eigenvalue weighted by Crippen LogP contribution is 2.44. The maximum absolute atomic E-state index is 14.4. The van der Waals surface area contributed by atoms with Gasteiger partial charge in [0.25, 0.3) is 11.8 Å². The van der Waals surface area contributed by atoms with E-state index in [4.69, 9.17) is 5.73 Å². The lowest BCUT2D eigenvalue weighted by Gasteiger charge is -2.28. The molecule has 0 unspecified atom stereocenters. The Morgan fingerprint density at radius 2 is 2.06 bits per heavy atom. The summed E-state index contributed by atoms with van der Waals surface area (Å²) < 4.78 is 16.0. The summed E-state index contributed by atoms with van der Waals surface area (Å²) in [6.07, 6.45) is 6.61. The highest BCUT2D eigenvalue weighted by atomic mass is 19.1. The van der Waals surface area contributed by atoms with Crippen molar-refractivity contribution < 1.29 is 19.1 Å². The first-order chi connectivity index (χ1) is 16.5. The molecule has 0 radical (unpaired) electrons. The molecule has 2 aliphatic rings. The van der Waals surface area contributed by atoms with Crippen LogP contribution in [-0.2, 0) is 4.79 Å². The van der Waals surface area contributed by atoms with E-state index in [1.165, 1.54) is 26.2 Å². The highest BCUT2D eigenvalue weighted by Gasteiger charge is 2.48. The number of hydrogen-bond donors (Lipinski definition) is 3. The van der Waals surface area contributed by atoms with Crippen LogP contribution in [0.25, 0.3) is 16.6 Å². The normalized spacial score (nSPS) is 24.1. The number of carbonyl (C=O) groups excluding carboxylic acids is 2. The van der Waals surface area contributed by atoms with Crippen LogP contribution in [0.4, 0.5) is 10.1 Å². The Kier molecular flexibility index (Phi) is 5.51. The Hall–Kier alpha value is -3.53. The fourth-order valence-corrected chi connectivity index (χ4v) is 5.66. The summed E-state index contributed by atoms with van der Waals surface area (Å²) in [5, 5.41) is 18.0. The minimum Gasteiger partial charge on any atom is -0.381 e. The Labute approximate surface area is 202 Å². The predicted molar refractivity (Wildman–Crippen MR) is 128 cm³/mol. The maximum atomic E-state index is 14.4. The largest absolute Gasteiger partial charge is 0.381 e. The zero-order valence-electron chi connectivity index (χ0n) is 19.9. The molecule has 1 aliphatic carbocycles. The second-order valence-electron chi connectivity index (χ2n) is 10.3. The average molecular weight is 481 g/mol. The van der Waals surface area contributed by atoms with Gasteiger partial charge in [0, 0.05) is 42.7 Å². The average Bonchev–Trinajstić information content (AvgIpc) is 3.48. The number of nitrogens with two attached hydrogens (primary N) is 1. The molecule has 184 valence electrons.